The molecule has 0 saturated heterocycles. The Hall–Kier alpha value is -4.19. The minimum Gasteiger partial charge on any atom is -0.439 e. The monoisotopic (exact) mass is 472 g/mol. The highest BCUT2D eigenvalue weighted by Crippen LogP contribution is 2.19. The summed E-state index contributed by atoms with van der Waals surface area (Å²) in [6, 6.07) is 13.9. The Labute approximate surface area is 185 Å². The highest BCUT2D eigenvalue weighted by atomic mass is 32.2. The number of carbonyl (C=O) groups excluding carboxylic acids is 1. The maximum atomic E-state index is 13.3. The van der Waals surface area contributed by atoms with Gasteiger partial charge in [0.05, 0.1) is 15.8 Å². The summed E-state index contributed by atoms with van der Waals surface area (Å²) in [6.45, 7) is -0.472. The minimum atomic E-state index is -4.18. The molecule has 0 bridgehead atoms. The van der Waals surface area contributed by atoms with E-state index in [1.54, 1.807) is 24.3 Å². The van der Waals surface area contributed by atoms with Crippen LogP contribution in [0.5, 0.6) is 0 Å². The van der Waals surface area contributed by atoms with E-state index in [1.807, 2.05) is 0 Å². The summed E-state index contributed by atoms with van der Waals surface area (Å²) in [5.41, 5.74) is 0.0855. The molecule has 168 valence electrons. The van der Waals surface area contributed by atoms with Crippen molar-refractivity contribution >= 4 is 32.6 Å². The first kappa shape index (κ1) is 22.0. The van der Waals surface area contributed by atoms with Crippen LogP contribution in [0, 0.1) is 11.6 Å². The van der Waals surface area contributed by atoms with Crippen molar-refractivity contribution in [3.8, 4) is 0 Å². The van der Waals surface area contributed by atoms with E-state index < -0.39 is 44.8 Å². The molecular weight excluding hydrogens is 458 g/mol. The van der Waals surface area contributed by atoms with E-state index in [9.17, 15) is 26.8 Å². The molecule has 0 atom stereocenters. The number of rotatable bonds is 6. The average Bonchev–Trinajstić information content (AvgIpc) is 2.80. The molecule has 4 aromatic rings. The fourth-order valence-electron chi connectivity index (χ4n) is 2.84. The van der Waals surface area contributed by atoms with Crippen LogP contribution in [0.2, 0.25) is 0 Å². The number of nitrogens with one attached hydrogen (secondary N) is 1. The third kappa shape index (κ3) is 4.70. The van der Waals surface area contributed by atoms with E-state index in [0.717, 1.165) is 10.7 Å². The summed E-state index contributed by atoms with van der Waals surface area (Å²) in [6.07, 6.45) is 0. The normalized spacial score (nSPS) is 11.3. The summed E-state index contributed by atoms with van der Waals surface area (Å²) in [4.78, 5) is 24.2. The molecule has 0 fully saturated rings. The fourth-order valence-corrected chi connectivity index (χ4v) is 3.91. The predicted molar refractivity (Wildman–Crippen MR) is 113 cm³/mol. The number of anilines is 1. The molecule has 0 radical (unpaired) electrons. The first-order chi connectivity index (χ1) is 15.7. The van der Waals surface area contributed by atoms with Crippen LogP contribution in [0.3, 0.4) is 0 Å². The van der Waals surface area contributed by atoms with Gasteiger partial charge in [-0.15, -0.1) is 5.10 Å². The largest absolute Gasteiger partial charge is 0.439 e. The molecule has 4 rings (SSSR count). The van der Waals surface area contributed by atoms with Crippen LogP contribution in [0.4, 0.5) is 14.5 Å². The van der Waals surface area contributed by atoms with Gasteiger partial charge < -0.3 is 4.74 Å². The number of fused-ring (bicyclic) bond motifs is 1. The van der Waals surface area contributed by atoms with Crippen molar-refractivity contribution in [1.29, 1.82) is 0 Å². The van der Waals surface area contributed by atoms with Gasteiger partial charge in [0, 0.05) is 5.69 Å². The van der Waals surface area contributed by atoms with Crippen LogP contribution in [0.1, 0.15) is 10.4 Å². The van der Waals surface area contributed by atoms with Gasteiger partial charge in [-0.25, -0.2) is 22.0 Å². The number of halogens is 2. The van der Waals surface area contributed by atoms with Gasteiger partial charge in [-0.05, 0) is 54.6 Å². The van der Waals surface area contributed by atoms with Crippen LogP contribution in [0.15, 0.2) is 76.4 Å². The van der Waals surface area contributed by atoms with Gasteiger partial charge >= 0.3 is 5.97 Å². The van der Waals surface area contributed by atoms with E-state index in [4.69, 9.17) is 4.74 Å². The minimum absolute atomic E-state index is 0.0765. The molecular formula is C21H14F2N4O5S. The van der Waals surface area contributed by atoms with Gasteiger partial charge in [-0.3, -0.25) is 9.52 Å². The lowest BCUT2D eigenvalue weighted by Gasteiger charge is -2.10. The van der Waals surface area contributed by atoms with Gasteiger partial charge in [0.15, 0.2) is 18.4 Å². The van der Waals surface area contributed by atoms with Crippen LogP contribution >= 0.6 is 0 Å². The van der Waals surface area contributed by atoms with Crippen LogP contribution in [0.25, 0.3) is 10.9 Å². The summed E-state index contributed by atoms with van der Waals surface area (Å²) in [5.74, 6) is -3.26. The van der Waals surface area contributed by atoms with Crippen molar-refractivity contribution in [2.75, 3.05) is 4.72 Å². The Kier molecular flexibility index (Phi) is 5.84. The fraction of sp³-hybridized carbons (Fsp3) is 0.0476. The quantitative estimate of drug-likeness (QED) is 0.429. The topological polar surface area (TPSA) is 120 Å². The summed E-state index contributed by atoms with van der Waals surface area (Å²) in [5, 5.41) is 7.92. The summed E-state index contributed by atoms with van der Waals surface area (Å²) in [7, 11) is -4.18. The standard InChI is InChI=1S/C21H14F2N4O5S/c22-17-10-9-15(11-18(17)23)33(30,31)25-14-7-5-13(6-8-14)21(29)32-12-27-20(28)16-3-1-2-4-19(16)24-26-27/h1-11,25H,12H2. The molecule has 12 heteroatoms. The van der Waals surface area contributed by atoms with E-state index in [0.29, 0.717) is 23.0 Å². The lowest BCUT2D eigenvalue weighted by Crippen LogP contribution is -2.26. The van der Waals surface area contributed by atoms with Crippen molar-refractivity contribution in [1.82, 2.24) is 15.0 Å². The SMILES string of the molecule is O=C(OCn1nnc2ccccc2c1=O)c1ccc(NS(=O)(=O)c2ccc(F)c(F)c2)cc1. The zero-order valence-electron chi connectivity index (χ0n) is 16.6. The van der Waals surface area contributed by atoms with E-state index in [1.165, 1.54) is 24.3 Å². The molecule has 1 N–H and O–H groups in total. The average molecular weight is 472 g/mol. The Morgan fingerprint density at radius 3 is 2.45 bits per heavy atom. The number of aromatic nitrogens is 3. The van der Waals surface area contributed by atoms with Crippen LogP contribution in [-0.4, -0.2) is 29.4 Å². The molecule has 9 nitrogen and oxygen atoms in total. The van der Waals surface area contributed by atoms with Gasteiger partial charge in [-0.1, -0.05) is 17.3 Å². The number of nitrogens with zero attached hydrogens (tertiary/aromatic N) is 3. The van der Waals surface area contributed by atoms with Crippen LogP contribution in [-0.2, 0) is 21.5 Å². The number of esters is 1. The third-order valence-electron chi connectivity index (χ3n) is 4.52. The molecule has 0 amide bonds. The van der Waals surface area contributed by atoms with Crippen molar-refractivity contribution in [3.05, 3.63) is 94.3 Å². The van der Waals surface area contributed by atoms with Gasteiger partial charge in [0.25, 0.3) is 15.6 Å². The maximum absolute atomic E-state index is 13.3. The van der Waals surface area contributed by atoms with E-state index in [-0.39, 0.29) is 11.3 Å². The summed E-state index contributed by atoms with van der Waals surface area (Å²) >= 11 is 0. The number of carbonyl (C=O) groups is 1. The Bertz CT molecular complexity index is 1520. The number of hydrogen-bond donors (Lipinski definition) is 1. The first-order valence-corrected chi connectivity index (χ1v) is 10.8. The highest BCUT2D eigenvalue weighted by Gasteiger charge is 2.17. The summed E-state index contributed by atoms with van der Waals surface area (Å²) < 4.78 is 59.2. The molecule has 0 spiro atoms. The molecule has 3 aromatic carbocycles. The van der Waals surface area contributed by atoms with Crippen molar-refractivity contribution in [2.45, 2.75) is 11.6 Å². The second-order valence-electron chi connectivity index (χ2n) is 6.73. The van der Waals surface area contributed by atoms with E-state index in [2.05, 4.69) is 15.0 Å². The lowest BCUT2D eigenvalue weighted by atomic mass is 10.2. The number of sulfonamides is 1. The molecule has 0 saturated carbocycles. The molecule has 0 aliphatic carbocycles. The zero-order valence-corrected chi connectivity index (χ0v) is 17.4. The second kappa shape index (κ2) is 8.74. The molecule has 1 aromatic heterocycles. The maximum Gasteiger partial charge on any atom is 0.339 e. The molecule has 1 heterocycles. The van der Waals surface area contributed by atoms with Crippen LogP contribution < -0.4 is 10.3 Å². The van der Waals surface area contributed by atoms with Gasteiger partial charge in [-0.2, -0.15) is 4.68 Å². The lowest BCUT2D eigenvalue weighted by molar-refractivity contribution is 0.0336. The smallest absolute Gasteiger partial charge is 0.339 e. The highest BCUT2D eigenvalue weighted by molar-refractivity contribution is 7.92. The zero-order chi connectivity index (χ0) is 23.6. The Morgan fingerprint density at radius 1 is 1.00 bits per heavy atom. The molecule has 33 heavy (non-hydrogen) atoms. The van der Waals surface area contributed by atoms with Gasteiger partial charge in [0.1, 0.15) is 5.52 Å². The first-order valence-electron chi connectivity index (χ1n) is 9.32. The van der Waals surface area contributed by atoms with Gasteiger partial charge in [0.2, 0.25) is 0 Å². The molecule has 0 unspecified atom stereocenters. The predicted octanol–water partition coefficient (Wildman–Crippen LogP) is 2.69. The van der Waals surface area contributed by atoms with Crippen molar-refractivity contribution < 1.29 is 26.7 Å². The van der Waals surface area contributed by atoms with Crippen molar-refractivity contribution in [2.24, 2.45) is 0 Å². The van der Waals surface area contributed by atoms with Crippen molar-refractivity contribution in [3.63, 3.8) is 0 Å². The molecule has 0 aliphatic heterocycles. The van der Waals surface area contributed by atoms with E-state index >= 15 is 0 Å². The third-order valence-corrected chi connectivity index (χ3v) is 5.90. The number of benzene rings is 3. The number of ether oxygens (including phenoxy) is 1. The Balaban J connectivity index is 1.43. The molecule has 0 aliphatic rings. The number of hydrogen-bond acceptors (Lipinski definition) is 7. The Morgan fingerprint density at radius 2 is 1.73 bits per heavy atom. The second-order valence-corrected chi connectivity index (χ2v) is 8.41.